The van der Waals surface area contributed by atoms with Gasteiger partial charge in [-0.05, 0) is 31.5 Å². The van der Waals surface area contributed by atoms with Gasteiger partial charge in [0.05, 0.1) is 9.88 Å². The first kappa shape index (κ1) is 15.0. The molecule has 2 nitrogen and oxygen atoms in total. The van der Waals surface area contributed by atoms with Crippen LogP contribution in [-0.4, -0.2) is 24.0 Å². The van der Waals surface area contributed by atoms with E-state index in [2.05, 4.69) is 60.5 Å². The quantitative estimate of drug-likeness (QED) is 0.915. The largest absolute Gasteiger partial charge is 0.311 e. The molecule has 0 radical (unpaired) electrons. The zero-order valence-corrected chi connectivity index (χ0v) is 14.0. The lowest BCUT2D eigenvalue weighted by Gasteiger charge is -2.47. The van der Waals surface area contributed by atoms with E-state index in [0.717, 1.165) is 24.0 Å². The molecule has 4 heteroatoms. The fourth-order valence-corrected chi connectivity index (χ4v) is 4.13. The van der Waals surface area contributed by atoms with Gasteiger partial charge in [0.25, 0.3) is 0 Å². The van der Waals surface area contributed by atoms with Crippen molar-refractivity contribution in [1.29, 1.82) is 0 Å². The Morgan fingerprint density at radius 3 is 2.71 bits per heavy atom. The molecule has 0 bridgehead atoms. The number of benzene rings is 1. The molecular weight excluding hydrogens is 300 g/mol. The van der Waals surface area contributed by atoms with Crippen LogP contribution in [-0.2, 0) is 12.1 Å². The van der Waals surface area contributed by atoms with Crippen molar-refractivity contribution in [2.75, 3.05) is 13.1 Å². The molecule has 2 heterocycles. The highest BCUT2D eigenvalue weighted by Crippen LogP contribution is 2.33. The predicted octanol–water partition coefficient (Wildman–Crippen LogP) is 4.11. The number of thiophene rings is 1. The summed E-state index contributed by atoms with van der Waals surface area (Å²) in [7, 11) is 0. The van der Waals surface area contributed by atoms with Gasteiger partial charge in [0.2, 0.25) is 0 Å². The Balaban J connectivity index is 1.89. The van der Waals surface area contributed by atoms with Crippen molar-refractivity contribution in [2.45, 2.75) is 32.0 Å². The number of halogens is 1. The van der Waals surface area contributed by atoms with Crippen LogP contribution in [0.1, 0.15) is 24.3 Å². The fourth-order valence-electron chi connectivity index (χ4n) is 3.03. The van der Waals surface area contributed by atoms with Crippen molar-refractivity contribution in [3.8, 4) is 0 Å². The van der Waals surface area contributed by atoms with E-state index in [1.54, 1.807) is 11.3 Å². The van der Waals surface area contributed by atoms with Crippen molar-refractivity contribution < 1.29 is 0 Å². The lowest BCUT2D eigenvalue weighted by molar-refractivity contribution is 0.0468. The summed E-state index contributed by atoms with van der Waals surface area (Å²) in [4.78, 5) is 3.90. The van der Waals surface area contributed by atoms with Crippen LogP contribution in [0.5, 0.6) is 0 Å². The van der Waals surface area contributed by atoms with Crippen LogP contribution < -0.4 is 5.32 Å². The Morgan fingerprint density at radius 2 is 2.05 bits per heavy atom. The van der Waals surface area contributed by atoms with Gasteiger partial charge >= 0.3 is 0 Å². The van der Waals surface area contributed by atoms with Crippen LogP contribution in [0.25, 0.3) is 0 Å². The second-order valence-electron chi connectivity index (χ2n) is 6.01. The molecule has 1 saturated heterocycles. The highest BCUT2D eigenvalue weighted by Gasteiger charge is 2.38. The maximum Gasteiger partial charge on any atom is 0.0931 e. The van der Waals surface area contributed by atoms with Gasteiger partial charge in [-0.3, -0.25) is 4.90 Å². The molecule has 0 spiro atoms. The SMILES string of the molecule is CC1CN(Cc2ccc(Cl)s2)C(C)(c2ccccc2)CN1. The van der Waals surface area contributed by atoms with Crippen LogP contribution in [0.15, 0.2) is 42.5 Å². The van der Waals surface area contributed by atoms with E-state index >= 15 is 0 Å². The van der Waals surface area contributed by atoms with Crippen LogP contribution in [0, 0.1) is 0 Å². The summed E-state index contributed by atoms with van der Waals surface area (Å²) in [5.41, 5.74) is 1.39. The molecule has 1 fully saturated rings. The second-order valence-corrected chi connectivity index (χ2v) is 7.81. The Labute approximate surface area is 135 Å². The smallest absolute Gasteiger partial charge is 0.0931 e. The van der Waals surface area contributed by atoms with Crippen LogP contribution in [0.4, 0.5) is 0 Å². The standard InChI is InChI=1S/C17H21ClN2S/c1-13-10-20(11-15-8-9-16(18)21-15)17(2,12-19-13)14-6-4-3-5-7-14/h3-9,13,19H,10-12H2,1-2H3. The summed E-state index contributed by atoms with van der Waals surface area (Å²) in [6.45, 7) is 7.54. The van der Waals surface area contributed by atoms with Gasteiger partial charge in [-0.1, -0.05) is 41.9 Å². The first-order valence-electron chi connectivity index (χ1n) is 7.36. The fraction of sp³-hybridized carbons (Fsp3) is 0.412. The third-order valence-electron chi connectivity index (χ3n) is 4.36. The van der Waals surface area contributed by atoms with E-state index in [9.17, 15) is 0 Å². The Bertz CT molecular complexity index is 598. The number of nitrogens with one attached hydrogen (secondary N) is 1. The molecule has 2 unspecified atom stereocenters. The number of hydrogen-bond acceptors (Lipinski definition) is 3. The number of nitrogens with zero attached hydrogens (tertiary/aromatic N) is 1. The molecule has 112 valence electrons. The molecule has 0 amide bonds. The molecular formula is C17H21ClN2S. The molecule has 1 aliphatic rings. The highest BCUT2D eigenvalue weighted by molar-refractivity contribution is 7.16. The normalized spacial score (nSPS) is 26.9. The molecule has 3 rings (SSSR count). The summed E-state index contributed by atoms with van der Waals surface area (Å²) in [5, 5.41) is 3.63. The number of piperazine rings is 1. The maximum absolute atomic E-state index is 6.08. The summed E-state index contributed by atoms with van der Waals surface area (Å²) in [6.07, 6.45) is 0. The minimum atomic E-state index is 0.0181. The van der Waals surface area contributed by atoms with Crippen molar-refractivity contribution in [1.82, 2.24) is 10.2 Å². The monoisotopic (exact) mass is 320 g/mol. The molecule has 1 aromatic heterocycles. The van der Waals surface area contributed by atoms with Crippen LogP contribution in [0.2, 0.25) is 4.34 Å². The van der Waals surface area contributed by atoms with E-state index in [0.29, 0.717) is 6.04 Å². The zero-order chi connectivity index (χ0) is 14.9. The molecule has 1 N–H and O–H groups in total. The van der Waals surface area contributed by atoms with E-state index in [1.807, 2.05) is 6.07 Å². The maximum atomic E-state index is 6.08. The van der Waals surface area contributed by atoms with Crippen molar-refractivity contribution >= 4 is 22.9 Å². The van der Waals surface area contributed by atoms with Crippen molar-refractivity contribution in [3.05, 3.63) is 57.2 Å². The third-order valence-corrected chi connectivity index (χ3v) is 5.57. The van der Waals surface area contributed by atoms with Gasteiger partial charge in [-0.2, -0.15) is 0 Å². The molecule has 0 saturated carbocycles. The van der Waals surface area contributed by atoms with Gasteiger partial charge < -0.3 is 5.32 Å². The van der Waals surface area contributed by atoms with Crippen LogP contribution >= 0.6 is 22.9 Å². The average molecular weight is 321 g/mol. The first-order valence-corrected chi connectivity index (χ1v) is 8.55. The first-order chi connectivity index (χ1) is 10.1. The second kappa shape index (κ2) is 6.09. The minimum Gasteiger partial charge on any atom is -0.311 e. The van der Waals surface area contributed by atoms with Crippen molar-refractivity contribution in [3.63, 3.8) is 0 Å². The summed E-state index contributed by atoms with van der Waals surface area (Å²) in [5.74, 6) is 0. The lowest BCUT2D eigenvalue weighted by Crippen LogP contribution is -2.60. The average Bonchev–Trinajstić information content (AvgIpc) is 2.89. The number of rotatable bonds is 3. The van der Waals surface area contributed by atoms with E-state index in [4.69, 9.17) is 11.6 Å². The van der Waals surface area contributed by atoms with E-state index in [-0.39, 0.29) is 5.54 Å². The molecule has 0 aliphatic carbocycles. The molecule has 2 atom stereocenters. The minimum absolute atomic E-state index is 0.0181. The zero-order valence-electron chi connectivity index (χ0n) is 12.5. The van der Waals surface area contributed by atoms with Crippen molar-refractivity contribution in [2.24, 2.45) is 0 Å². The van der Waals surface area contributed by atoms with Gasteiger partial charge in [-0.15, -0.1) is 11.3 Å². The summed E-state index contributed by atoms with van der Waals surface area (Å²) < 4.78 is 0.870. The Hall–Kier alpha value is -0.870. The molecule has 1 aromatic carbocycles. The molecule has 1 aliphatic heterocycles. The van der Waals surface area contributed by atoms with E-state index < -0.39 is 0 Å². The Morgan fingerprint density at radius 1 is 1.29 bits per heavy atom. The number of hydrogen-bond donors (Lipinski definition) is 1. The van der Waals surface area contributed by atoms with Gasteiger partial charge in [0.15, 0.2) is 0 Å². The molecule has 21 heavy (non-hydrogen) atoms. The van der Waals surface area contributed by atoms with Crippen LogP contribution in [0.3, 0.4) is 0 Å². The van der Waals surface area contributed by atoms with Gasteiger partial charge in [-0.25, -0.2) is 0 Å². The third kappa shape index (κ3) is 3.16. The predicted molar refractivity (Wildman–Crippen MR) is 91.0 cm³/mol. The van der Waals surface area contributed by atoms with E-state index in [1.165, 1.54) is 10.4 Å². The van der Waals surface area contributed by atoms with Gasteiger partial charge in [0.1, 0.15) is 0 Å². The topological polar surface area (TPSA) is 15.3 Å². The highest BCUT2D eigenvalue weighted by atomic mass is 35.5. The summed E-state index contributed by atoms with van der Waals surface area (Å²) >= 11 is 7.76. The summed E-state index contributed by atoms with van der Waals surface area (Å²) in [6, 6.07) is 15.4. The molecule has 2 aromatic rings. The van der Waals surface area contributed by atoms with Gasteiger partial charge in [0, 0.05) is 30.6 Å². The Kier molecular flexibility index (Phi) is 4.36. The lowest BCUT2D eigenvalue weighted by atomic mass is 9.87.